The fourth-order valence-electron chi connectivity index (χ4n) is 3.39. The molecule has 0 saturated carbocycles. The van der Waals surface area contributed by atoms with Gasteiger partial charge in [-0.15, -0.1) is 0 Å². The van der Waals surface area contributed by atoms with Crippen molar-refractivity contribution in [2.75, 3.05) is 30.4 Å². The van der Waals surface area contributed by atoms with Crippen LogP contribution >= 0.6 is 0 Å². The fourth-order valence-corrected chi connectivity index (χ4v) is 3.39. The second-order valence-corrected chi connectivity index (χ2v) is 8.08. The Morgan fingerprint density at radius 3 is 2.25 bits per heavy atom. The number of nitrogens with one attached hydrogen (secondary N) is 1. The Hall–Kier alpha value is -2.92. The average molecular weight is 437 g/mol. The lowest BCUT2D eigenvalue weighted by atomic mass is 10.1. The molecule has 0 aliphatic heterocycles. The van der Waals surface area contributed by atoms with Crippen molar-refractivity contribution < 1.29 is 14.7 Å². The van der Waals surface area contributed by atoms with Gasteiger partial charge in [-0.25, -0.2) is 0 Å². The molecule has 0 atom stereocenters. The lowest BCUT2D eigenvalue weighted by Crippen LogP contribution is -2.20. The topological polar surface area (TPSA) is 69.6 Å². The number of hydrogen-bond donors (Lipinski definition) is 2. The van der Waals surface area contributed by atoms with Crippen molar-refractivity contribution in [1.29, 1.82) is 0 Å². The summed E-state index contributed by atoms with van der Waals surface area (Å²) in [5.74, 6) is -0.0658. The van der Waals surface area contributed by atoms with Crippen molar-refractivity contribution in [3.63, 3.8) is 0 Å². The zero-order valence-corrected chi connectivity index (χ0v) is 19.3. The third-order valence-corrected chi connectivity index (χ3v) is 5.41. The number of aliphatic hydroxyl groups excluding tert-OH is 1. The number of hydrogen-bond acceptors (Lipinski definition) is 4. The van der Waals surface area contributed by atoms with Crippen molar-refractivity contribution in [3.8, 4) is 0 Å². The molecular formula is C27H36N2O3. The molecule has 2 rings (SSSR count). The first kappa shape index (κ1) is 25.3. The van der Waals surface area contributed by atoms with Crippen molar-refractivity contribution in [1.82, 2.24) is 0 Å². The summed E-state index contributed by atoms with van der Waals surface area (Å²) in [5.41, 5.74) is 3.23. The van der Waals surface area contributed by atoms with Gasteiger partial charge >= 0.3 is 0 Å². The smallest absolute Gasteiger partial charge is 0.224 e. The molecule has 0 unspecified atom stereocenters. The molecule has 0 heterocycles. The third-order valence-electron chi connectivity index (χ3n) is 5.41. The van der Waals surface area contributed by atoms with E-state index in [0.717, 1.165) is 24.1 Å². The molecule has 2 aromatic rings. The Bertz CT molecular complexity index is 857. The molecule has 0 aliphatic carbocycles. The lowest BCUT2D eigenvalue weighted by Gasteiger charge is -2.17. The maximum Gasteiger partial charge on any atom is 0.224 e. The van der Waals surface area contributed by atoms with Crippen molar-refractivity contribution in [3.05, 3.63) is 65.7 Å². The molecule has 1 amide bonds. The van der Waals surface area contributed by atoms with Crippen LogP contribution in [0.4, 0.5) is 11.4 Å². The highest BCUT2D eigenvalue weighted by Crippen LogP contribution is 2.16. The summed E-state index contributed by atoms with van der Waals surface area (Å²) in [6.07, 6.45) is 10.8. The Balaban J connectivity index is 1.80. The molecule has 0 spiro atoms. The molecular weight excluding hydrogens is 400 g/mol. The fraction of sp³-hybridized carbons (Fsp3) is 0.407. The average Bonchev–Trinajstić information content (AvgIpc) is 2.80. The van der Waals surface area contributed by atoms with E-state index in [1.165, 1.54) is 25.7 Å². The molecule has 0 aliphatic rings. The number of aliphatic hydroxyl groups is 1. The van der Waals surface area contributed by atoms with Gasteiger partial charge in [0, 0.05) is 37.0 Å². The van der Waals surface area contributed by atoms with Gasteiger partial charge in [0.1, 0.15) is 0 Å². The van der Waals surface area contributed by atoms with Gasteiger partial charge in [-0.1, -0.05) is 57.2 Å². The first-order valence-corrected chi connectivity index (χ1v) is 11.6. The summed E-state index contributed by atoms with van der Waals surface area (Å²) in [7, 11) is 1.92. The normalized spacial score (nSPS) is 11.0. The predicted octanol–water partition coefficient (Wildman–Crippen LogP) is 5.70. The minimum Gasteiger partial charge on any atom is -0.395 e. The molecule has 0 radical (unpaired) electrons. The molecule has 0 fully saturated rings. The molecule has 0 saturated heterocycles. The van der Waals surface area contributed by atoms with Gasteiger partial charge in [-0.3, -0.25) is 9.59 Å². The lowest BCUT2D eigenvalue weighted by molar-refractivity contribution is -0.116. The monoisotopic (exact) mass is 436 g/mol. The zero-order chi connectivity index (χ0) is 23.2. The van der Waals surface area contributed by atoms with Crippen molar-refractivity contribution in [2.45, 2.75) is 51.9 Å². The quantitative estimate of drug-likeness (QED) is 0.226. The summed E-state index contributed by atoms with van der Waals surface area (Å²) < 4.78 is 0. The molecule has 0 bridgehead atoms. The highest BCUT2D eigenvalue weighted by molar-refractivity contribution is 6.07. The van der Waals surface area contributed by atoms with Crippen LogP contribution in [0.5, 0.6) is 0 Å². The first-order valence-electron chi connectivity index (χ1n) is 11.6. The number of benzene rings is 2. The van der Waals surface area contributed by atoms with E-state index in [4.69, 9.17) is 5.11 Å². The molecule has 5 nitrogen and oxygen atoms in total. The molecule has 172 valence electrons. The Morgan fingerprint density at radius 1 is 0.938 bits per heavy atom. The van der Waals surface area contributed by atoms with Crippen molar-refractivity contribution >= 4 is 29.1 Å². The van der Waals surface area contributed by atoms with E-state index in [0.29, 0.717) is 24.2 Å². The van der Waals surface area contributed by atoms with Crippen molar-refractivity contribution in [2.24, 2.45) is 0 Å². The van der Waals surface area contributed by atoms with E-state index >= 15 is 0 Å². The number of ketones is 1. The van der Waals surface area contributed by atoms with Gasteiger partial charge < -0.3 is 15.3 Å². The van der Waals surface area contributed by atoms with Crippen LogP contribution in [-0.2, 0) is 4.79 Å². The van der Waals surface area contributed by atoms with Crippen LogP contribution in [0.25, 0.3) is 6.08 Å². The number of allylic oxidation sites excluding steroid dienone is 1. The molecule has 32 heavy (non-hydrogen) atoms. The predicted molar refractivity (Wildman–Crippen MR) is 133 cm³/mol. The number of carbonyl (C=O) groups excluding carboxylic acids is 2. The zero-order valence-electron chi connectivity index (χ0n) is 19.3. The Labute approximate surface area is 192 Å². The summed E-state index contributed by atoms with van der Waals surface area (Å²) >= 11 is 0. The number of unbranched alkanes of at least 4 members (excludes halogenated alkanes) is 5. The summed E-state index contributed by atoms with van der Waals surface area (Å²) in [5, 5.41) is 11.9. The van der Waals surface area contributed by atoms with E-state index < -0.39 is 0 Å². The number of rotatable bonds is 14. The molecule has 2 aromatic carbocycles. The van der Waals surface area contributed by atoms with Gasteiger partial charge in [-0.2, -0.15) is 0 Å². The van der Waals surface area contributed by atoms with Crippen LogP contribution < -0.4 is 10.2 Å². The van der Waals surface area contributed by atoms with Crippen LogP contribution in [0.15, 0.2) is 54.6 Å². The van der Waals surface area contributed by atoms with Gasteiger partial charge in [-0.05, 0) is 54.5 Å². The summed E-state index contributed by atoms with van der Waals surface area (Å²) in [4.78, 5) is 26.5. The second-order valence-electron chi connectivity index (χ2n) is 8.08. The number of amides is 1. The minimum atomic E-state index is -0.0866. The van der Waals surface area contributed by atoms with E-state index in [1.807, 2.05) is 36.2 Å². The van der Waals surface area contributed by atoms with Crippen LogP contribution in [-0.4, -0.2) is 37.0 Å². The van der Waals surface area contributed by atoms with Gasteiger partial charge in [0.05, 0.1) is 6.61 Å². The number of carbonyl (C=O) groups is 2. The van der Waals surface area contributed by atoms with Gasteiger partial charge in [0.2, 0.25) is 5.91 Å². The largest absolute Gasteiger partial charge is 0.395 e. The summed E-state index contributed by atoms with van der Waals surface area (Å²) in [6.45, 7) is 2.87. The highest BCUT2D eigenvalue weighted by atomic mass is 16.3. The minimum absolute atomic E-state index is 0.0209. The molecule has 2 N–H and O–H groups in total. The second kappa shape index (κ2) is 14.2. The Morgan fingerprint density at radius 2 is 1.59 bits per heavy atom. The number of likely N-dealkylation sites (N-methyl/N-ethyl adjacent to an activating group) is 1. The third kappa shape index (κ3) is 9.06. The SMILES string of the molecule is CCCCCCCCC(=O)Nc1ccc(C(=O)/C=C/c2ccc(N(C)CCO)cc2)cc1. The van der Waals surface area contributed by atoms with E-state index in [1.54, 1.807) is 36.4 Å². The summed E-state index contributed by atoms with van der Waals surface area (Å²) in [6, 6.07) is 14.8. The van der Waals surface area contributed by atoms with Crippen LogP contribution in [0.3, 0.4) is 0 Å². The number of anilines is 2. The van der Waals surface area contributed by atoms with E-state index in [2.05, 4.69) is 12.2 Å². The van der Waals surface area contributed by atoms with E-state index in [9.17, 15) is 9.59 Å². The van der Waals surface area contributed by atoms with Gasteiger partial charge in [0.25, 0.3) is 0 Å². The number of nitrogens with zero attached hydrogens (tertiary/aromatic N) is 1. The van der Waals surface area contributed by atoms with Crippen LogP contribution in [0, 0.1) is 0 Å². The molecule has 5 heteroatoms. The van der Waals surface area contributed by atoms with Crippen LogP contribution in [0.1, 0.15) is 67.8 Å². The maximum atomic E-state index is 12.5. The Kier molecular flexibility index (Phi) is 11.2. The van der Waals surface area contributed by atoms with E-state index in [-0.39, 0.29) is 18.3 Å². The van der Waals surface area contributed by atoms with Gasteiger partial charge in [0.15, 0.2) is 5.78 Å². The first-order chi connectivity index (χ1) is 15.5. The van der Waals surface area contributed by atoms with Crippen LogP contribution in [0.2, 0.25) is 0 Å². The molecule has 0 aromatic heterocycles. The highest BCUT2D eigenvalue weighted by Gasteiger charge is 2.05. The maximum absolute atomic E-state index is 12.5. The standard InChI is InChI=1S/C27H36N2O3/c1-3-4-5-6-7-8-9-27(32)28-24-15-13-23(14-16-24)26(31)19-12-22-10-17-25(18-11-22)29(2)20-21-30/h10-19,30H,3-9,20-21H2,1-2H3,(H,28,32)/b19-12+.